The van der Waals surface area contributed by atoms with Crippen molar-refractivity contribution in [3.63, 3.8) is 0 Å². The van der Waals surface area contributed by atoms with Gasteiger partial charge in [-0.05, 0) is 37.3 Å². The first kappa shape index (κ1) is 15.0. The van der Waals surface area contributed by atoms with E-state index in [0.29, 0.717) is 12.0 Å². The predicted octanol–water partition coefficient (Wildman–Crippen LogP) is 2.23. The van der Waals surface area contributed by atoms with Crippen molar-refractivity contribution in [3.05, 3.63) is 35.9 Å². The number of amides is 1. The maximum absolute atomic E-state index is 12.3. The fourth-order valence-electron chi connectivity index (χ4n) is 2.54. The lowest BCUT2D eigenvalue weighted by molar-refractivity contribution is -0.127. The highest BCUT2D eigenvalue weighted by Gasteiger charge is 2.37. The molecule has 2 rings (SSSR count). The van der Waals surface area contributed by atoms with Crippen LogP contribution in [0.2, 0.25) is 0 Å². The zero-order valence-electron chi connectivity index (χ0n) is 12.4. The standard InChI is InChI=1S/C16H25N3O/c1-12(2)10-11-19(14-8-9-14)15(16(20)18-17)13-6-4-3-5-7-13/h3-7,12,14-15H,8-11,17H2,1-2H3,(H,18,20). The van der Waals surface area contributed by atoms with Crippen LogP contribution in [0.5, 0.6) is 0 Å². The molecule has 3 N–H and O–H groups in total. The fourth-order valence-corrected chi connectivity index (χ4v) is 2.54. The van der Waals surface area contributed by atoms with Gasteiger partial charge in [0.05, 0.1) is 0 Å². The third-order valence-electron chi connectivity index (χ3n) is 3.82. The van der Waals surface area contributed by atoms with E-state index in [9.17, 15) is 4.79 Å². The second-order valence-electron chi connectivity index (χ2n) is 5.97. The average Bonchev–Trinajstić information content (AvgIpc) is 3.28. The Labute approximate surface area is 121 Å². The van der Waals surface area contributed by atoms with Crippen molar-refractivity contribution in [2.45, 2.75) is 45.2 Å². The molecule has 1 atom stereocenters. The summed E-state index contributed by atoms with van der Waals surface area (Å²) in [6.07, 6.45) is 3.45. The number of hydrogen-bond donors (Lipinski definition) is 2. The summed E-state index contributed by atoms with van der Waals surface area (Å²) < 4.78 is 0. The van der Waals surface area contributed by atoms with E-state index in [2.05, 4.69) is 24.2 Å². The van der Waals surface area contributed by atoms with Gasteiger partial charge in [-0.25, -0.2) is 5.84 Å². The van der Waals surface area contributed by atoms with Crippen molar-refractivity contribution in [3.8, 4) is 0 Å². The summed E-state index contributed by atoms with van der Waals surface area (Å²) in [6, 6.07) is 10.2. The summed E-state index contributed by atoms with van der Waals surface area (Å²) in [7, 11) is 0. The van der Waals surface area contributed by atoms with E-state index in [0.717, 1.165) is 18.5 Å². The number of nitrogens with one attached hydrogen (secondary N) is 1. The SMILES string of the molecule is CC(C)CCN(C1CC1)C(C(=O)NN)c1ccccc1. The van der Waals surface area contributed by atoms with E-state index in [1.807, 2.05) is 30.3 Å². The number of rotatable bonds is 7. The Balaban J connectivity index is 2.21. The number of benzene rings is 1. The summed E-state index contributed by atoms with van der Waals surface area (Å²) in [5.41, 5.74) is 3.35. The minimum Gasteiger partial charge on any atom is -0.293 e. The summed E-state index contributed by atoms with van der Waals surface area (Å²) in [6.45, 7) is 5.37. The fraction of sp³-hybridized carbons (Fsp3) is 0.562. The van der Waals surface area contributed by atoms with Crippen LogP contribution in [0.4, 0.5) is 0 Å². The van der Waals surface area contributed by atoms with Gasteiger partial charge >= 0.3 is 0 Å². The van der Waals surface area contributed by atoms with Crippen LogP contribution in [0, 0.1) is 5.92 Å². The monoisotopic (exact) mass is 275 g/mol. The summed E-state index contributed by atoms with van der Waals surface area (Å²) in [5.74, 6) is 5.91. The number of hydrogen-bond acceptors (Lipinski definition) is 3. The average molecular weight is 275 g/mol. The molecule has 0 aromatic heterocycles. The topological polar surface area (TPSA) is 58.4 Å². The maximum atomic E-state index is 12.3. The first-order valence-electron chi connectivity index (χ1n) is 7.44. The molecular formula is C16H25N3O. The Bertz CT molecular complexity index is 429. The van der Waals surface area contributed by atoms with E-state index in [1.165, 1.54) is 12.8 Å². The summed E-state index contributed by atoms with van der Waals surface area (Å²) >= 11 is 0. The molecule has 0 heterocycles. The quantitative estimate of drug-likeness (QED) is 0.456. The molecule has 1 aromatic rings. The molecule has 1 fully saturated rings. The molecule has 0 aliphatic heterocycles. The van der Waals surface area contributed by atoms with Gasteiger partial charge < -0.3 is 0 Å². The van der Waals surface area contributed by atoms with Crippen molar-refractivity contribution >= 4 is 5.91 Å². The molecule has 1 amide bonds. The van der Waals surface area contributed by atoms with Gasteiger partial charge in [-0.2, -0.15) is 0 Å². The molecule has 1 aromatic carbocycles. The van der Waals surface area contributed by atoms with Crippen molar-refractivity contribution in [1.29, 1.82) is 0 Å². The largest absolute Gasteiger partial charge is 0.293 e. The first-order valence-corrected chi connectivity index (χ1v) is 7.44. The van der Waals surface area contributed by atoms with E-state index in [1.54, 1.807) is 0 Å². The minimum atomic E-state index is -0.271. The van der Waals surface area contributed by atoms with Crippen molar-refractivity contribution < 1.29 is 4.79 Å². The summed E-state index contributed by atoms with van der Waals surface area (Å²) in [4.78, 5) is 14.6. The maximum Gasteiger partial charge on any atom is 0.255 e. The Morgan fingerprint density at radius 2 is 2.00 bits per heavy atom. The lowest BCUT2D eigenvalue weighted by atomic mass is 10.0. The van der Waals surface area contributed by atoms with Crippen molar-refractivity contribution in [2.24, 2.45) is 11.8 Å². The first-order chi connectivity index (χ1) is 9.63. The summed E-state index contributed by atoms with van der Waals surface area (Å²) in [5, 5.41) is 0. The second-order valence-corrected chi connectivity index (χ2v) is 5.97. The molecule has 4 heteroatoms. The van der Waals surface area contributed by atoms with Crippen LogP contribution in [0.15, 0.2) is 30.3 Å². The Morgan fingerprint density at radius 3 is 2.50 bits per heavy atom. The van der Waals surface area contributed by atoms with Gasteiger partial charge in [-0.15, -0.1) is 0 Å². The van der Waals surface area contributed by atoms with E-state index >= 15 is 0 Å². The van der Waals surface area contributed by atoms with Crippen LogP contribution in [0.3, 0.4) is 0 Å². The minimum absolute atomic E-state index is 0.119. The Hall–Kier alpha value is -1.39. The van der Waals surface area contributed by atoms with Gasteiger partial charge in [0.25, 0.3) is 5.91 Å². The molecule has 110 valence electrons. The zero-order chi connectivity index (χ0) is 14.5. The van der Waals surface area contributed by atoms with Crippen LogP contribution in [0.1, 0.15) is 44.7 Å². The number of nitrogens with zero attached hydrogens (tertiary/aromatic N) is 1. The van der Waals surface area contributed by atoms with Crippen LogP contribution >= 0.6 is 0 Å². The molecule has 1 aliphatic rings. The molecule has 0 spiro atoms. The van der Waals surface area contributed by atoms with Crippen LogP contribution in [0.25, 0.3) is 0 Å². The molecule has 1 saturated carbocycles. The highest BCUT2D eigenvalue weighted by Crippen LogP contribution is 2.35. The third-order valence-corrected chi connectivity index (χ3v) is 3.82. The number of hydrazine groups is 1. The molecule has 1 unspecified atom stereocenters. The van der Waals surface area contributed by atoms with Gasteiger partial charge in [-0.3, -0.25) is 15.1 Å². The zero-order valence-corrected chi connectivity index (χ0v) is 12.4. The molecule has 1 aliphatic carbocycles. The number of carbonyl (C=O) groups is 1. The lowest BCUT2D eigenvalue weighted by Crippen LogP contribution is -2.44. The predicted molar refractivity (Wildman–Crippen MR) is 80.7 cm³/mol. The Morgan fingerprint density at radius 1 is 1.35 bits per heavy atom. The number of carbonyl (C=O) groups excluding carboxylic acids is 1. The van der Waals surface area contributed by atoms with Gasteiger partial charge in [0, 0.05) is 6.04 Å². The molecular weight excluding hydrogens is 250 g/mol. The van der Waals surface area contributed by atoms with Gasteiger partial charge in [0.2, 0.25) is 0 Å². The molecule has 20 heavy (non-hydrogen) atoms. The van der Waals surface area contributed by atoms with Gasteiger partial charge in [0.1, 0.15) is 6.04 Å². The van der Waals surface area contributed by atoms with E-state index < -0.39 is 0 Å². The molecule has 0 bridgehead atoms. The smallest absolute Gasteiger partial charge is 0.255 e. The molecule has 0 radical (unpaired) electrons. The van der Waals surface area contributed by atoms with Crippen molar-refractivity contribution in [2.75, 3.05) is 6.54 Å². The normalized spacial score (nSPS) is 16.4. The van der Waals surface area contributed by atoms with Gasteiger partial charge in [0.15, 0.2) is 0 Å². The molecule has 0 saturated heterocycles. The highest BCUT2D eigenvalue weighted by molar-refractivity contribution is 5.82. The van der Waals surface area contributed by atoms with Gasteiger partial charge in [-0.1, -0.05) is 44.2 Å². The number of nitrogens with two attached hydrogens (primary N) is 1. The van der Waals surface area contributed by atoms with Crippen LogP contribution < -0.4 is 11.3 Å². The van der Waals surface area contributed by atoms with Crippen LogP contribution in [-0.4, -0.2) is 23.4 Å². The van der Waals surface area contributed by atoms with E-state index in [4.69, 9.17) is 5.84 Å². The van der Waals surface area contributed by atoms with E-state index in [-0.39, 0.29) is 11.9 Å². The third kappa shape index (κ3) is 3.81. The van der Waals surface area contributed by atoms with Crippen LogP contribution in [-0.2, 0) is 4.79 Å². The molecule has 4 nitrogen and oxygen atoms in total. The van der Waals surface area contributed by atoms with Crippen molar-refractivity contribution in [1.82, 2.24) is 10.3 Å². The highest BCUT2D eigenvalue weighted by atomic mass is 16.2. The second kappa shape index (κ2) is 6.86. The Kier molecular flexibility index (Phi) is 5.15. The lowest BCUT2D eigenvalue weighted by Gasteiger charge is -2.31.